The van der Waals surface area contributed by atoms with Crippen molar-refractivity contribution in [2.45, 2.75) is 13.0 Å². The number of ether oxygens (including phenoxy) is 2. The van der Waals surface area contributed by atoms with Gasteiger partial charge in [-0.2, -0.15) is 4.98 Å². The number of nitrogens with zero attached hydrogens (tertiary/aromatic N) is 3. The van der Waals surface area contributed by atoms with Gasteiger partial charge in [0.25, 0.3) is 0 Å². The minimum absolute atomic E-state index is 0.169. The predicted molar refractivity (Wildman–Crippen MR) is 103 cm³/mol. The molecule has 142 valence electrons. The Morgan fingerprint density at radius 1 is 1.19 bits per heavy atom. The summed E-state index contributed by atoms with van der Waals surface area (Å²) in [5.41, 5.74) is 1.61. The molecule has 1 atom stereocenters. The van der Waals surface area contributed by atoms with Gasteiger partial charge in [-0.3, -0.25) is 0 Å². The van der Waals surface area contributed by atoms with E-state index in [1.807, 2.05) is 45.1 Å². The summed E-state index contributed by atoms with van der Waals surface area (Å²) >= 11 is 0. The number of likely N-dealkylation sites (N-methyl/N-ethyl adjacent to an activating group) is 1. The number of aromatic nitrogens is 2. The van der Waals surface area contributed by atoms with Crippen molar-refractivity contribution in [2.75, 3.05) is 52.0 Å². The maximum Gasteiger partial charge on any atom is 0.229 e. The molecule has 0 bridgehead atoms. The Hall–Kier alpha value is -2.58. The number of rotatable bonds is 9. The first-order valence-electron chi connectivity index (χ1n) is 8.35. The average Bonchev–Trinajstić information content (AvgIpc) is 2.59. The maximum absolute atomic E-state index is 9.99. The lowest BCUT2D eigenvalue weighted by atomic mass is 10.2. The van der Waals surface area contributed by atoms with Crippen LogP contribution in [0.2, 0.25) is 0 Å². The number of aryl methyl sites for hydroxylation is 1. The molecule has 1 aromatic carbocycles. The second-order valence-electron chi connectivity index (χ2n) is 6.19. The lowest BCUT2D eigenvalue weighted by Gasteiger charge is -2.18. The Bertz CT molecular complexity index is 724. The van der Waals surface area contributed by atoms with Crippen molar-refractivity contribution in [3.63, 3.8) is 0 Å². The van der Waals surface area contributed by atoms with Crippen LogP contribution in [0.25, 0.3) is 0 Å². The van der Waals surface area contributed by atoms with Crippen LogP contribution >= 0.6 is 0 Å². The SMILES string of the molecule is CNc1cc(C)nc(Nc2ccc(OC)c(OCC(O)CN(C)C)c2)n1. The number of nitrogens with one attached hydrogen (secondary N) is 2. The van der Waals surface area contributed by atoms with Crippen LogP contribution in [0, 0.1) is 6.92 Å². The second kappa shape index (κ2) is 9.21. The summed E-state index contributed by atoms with van der Waals surface area (Å²) in [4.78, 5) is 10.7. The molecule has 0 aliphatic heterocycles. The fourth-order valence-electron chi connectivity index (χ4n) is 2.41. The highest BCUT2D eigenvalue weighted by molar-refractivity contribution is 5.60. The summed E-state index contributed by atoms with van der Waals surface area (Å²) in [6.45, 7) is 2.59. The molecule has 0 aliphatic carbocycles. The van der Waals surface area contributed by atoms with E-state index in [9.17, 15) is 5.11 Å². The number of aliphatic hydroxyl groups excluding tert-OH is 1. The monoisotopic (exact) mass is 361 g/mol. The van der Waals surface area contributed by atoms with Crippen LogP contribution < -0.4 is 20.1 Å². The van der Waals surface area contributed by atoms with E-state index in [2.05, 4.69) is 20.6 Å². The Kier molecular flexibility index (Phi) is 6.99. The highest BCUT2D eigenvalue weighted by Crippen LogP contribution is 2.31. The molecule has 0 saturated heterocycles. The van der Waals surface area contributed by atoms with Crippen LogP contribution in [0.1, 0.15) is 5.69 Å². The van der Waals surface area contributed by atoms with Gasteiger partial charge in [-0.25, -0.2) is 4.98 Å². The van der Waals surface area contributed by atoms with Gasteiger partial charge >= 0.3 is 0 Å². The fraction of sp³-hybridized carbons (Fsp3) is 0.444. The number of anilines is 3. The third-order valence-electron chi connectivity index (χ3n) is 3.54. The Morgan fingerprint density at radius 3 is 2.62 bits per heavy atom. The highest BCUT2D eigenvalue weighted by atomic mass is 16.5. The van der Waals surface area contributed by atoms with Crippen molar-refractivity contribution in [3.05, 3.63) is 30.0 Å². The second-order valence-corrected chi connectivity index (χ2v) is 6.19. The zero-order valence-corrected chi connectivity index (χ0v) is 15.9. The van der Waals surface area contributed by atoms with Crippen molar-refractivity contribution in [1.82, 2.24) is 14.9 Å². The third-order valence-corrected chi connectivity index (χ3v) is 3.54. The molecule has 1 heterocycles. The highest BCUT2D eigenvalue weighted by Gasteiger charge is 2.11. The van der Waals surface area contributed by atoms with Crippen LogP contribution in [0.4, 0.5) is 17.5 Å². The Labute approximate surface area is 154 Å². The van der Waals surface area contributed by atoms with Crippen molar-refractivity contribution in [1.29, 1.82) is 0 Å². The zero-order chi connectivity index (χ0) is 19.1. The van der Waals surface area contributed by atoms with Gasteiger partial charge in [0.1, 0.15) is 18.5 Å². The van der Waals surface area contributed by atoms with Crippen molar-refractivity contribution >= 4 is 17.5 Å². The van der Waals surface area contributed by atoms with Gasteiger partial charge in [-0.15, -0.1) is 0 Å². The summed E-state index contributed by atoms with van der Waals surface area (Å²) < 4.78 is 11.1. The van der Waals surface area contributed by atoms with Crippen molar-refractivity contribution < 1.29 is 14.6 Å². The lowest BCUT2D eigenvalue weighted by molar-refractivity contribution is 0.0819. The van der Waals surface area contributed by atoms with E-state index in [1.165, 1.54) is 0 Å². The molecule has 26 heavy (non-hydrogen) atoms. The van der Waals surface area contributed by atoms with Gasteiger partial charge in [-0.1, -0.05) is 0 Å². The number of methoxy groups -OCH3 is 1. The topological polar surface area (TPSA) is 91.8 Å². The molecule has 0 fully saturated rings. The molecule has 1 aromatic heterocycles. The minimum atomic E-state index is -0.593. The lowest BCUT2D eigenvalue weighted by Crippen LogP contribution is -2.30. The standard InChI is InChI=1S/C18H27N5O3/c1-12-8-17(19-2)22-18(20-12)21-13-6-7-15(25-5)16(9-13)26-11-14(24)10-23(3)4/h6-9,14,24H,10-11H2,1-5H3,(H2,19,20,21,22). The molecule has 0 radical (unpaired) electrons. The summed E-state index contributed by atoms with van der Waals surface area (Å²) in [6, 6.07) is 7.31. The zero-order valence-electron chi connectivity index (χ0n) is 15.9. The van der Waals surface area contributed by atoms with E-state index in [4.69, 9.17) is 9.47 Å². The van der Waals surface area contributed by atoms with E-state index in [0.29, 0.717) is 24.0 Å². The van der Waals surface area contributed by atoms with Gasteiger partial charge in [0.2, 0.25) is 5.95 Å². The summed E-state index contributed by atoms with van der Waals surface area (Å²) in [5, 5.41) is 16.2. The van der Waals surface area contributed by atoms with Crippen molar-refractivity contribution in [2.24, 2.45) is 0 Å². The predicted octanol–water partition coefficient (Wildman–Crippen LogP) is 1.88. The van der Waals surface area contributed by atoms with Crippen molar-refractivity contribution in [3.8, 4) is 11.5 Å². The molecular formula is C18H27N5O3. The quantitative estimate of drug-likeness (QED) is 0.624. The van der Waals surface area contributed by atoms with Gasteiger partial charge in [0.05, 0.1) is 7.11 Å². The third kappa shape index (κ3) is 5.75. The fourth-order valence-corrected chi connectivity index (χ4v) is 2.41. The van der Waals surface area contributed by atoms with E-state index in [0.717, 1.165) is 17.2 Å². The molecule has 0 saturated carbocycles. The van der Waals surface area contributed by atoms with Crippen LogP contribution in [-0.4, -0.2) is 67.5 Å². The number of hydrogen-bond acceptors (Lipinski definition) is 8. The van der Waals surface area contributed by atoms with Gasteiger partial charge in [-0.05, 0) is 33.2 Å². The van der Waals surface area contributed by atoms with Crippen LogP contribution in [0.15, 0.2) is 24.3 Å². The first kappa shape index (κ1) is 19.7. The molecule has 2 aromatic rings. The maximum atomic E-state index is 9.99. The van der Waals surface area contributed by atoms with E-state index in [1.54, 1.807) is 19.2 Å². The molecule has 1 unspecified atom stereocenters. The Balaban J connectivity index is 2.14. The summed E-state index contributed by atoms with van der Waals surface area (Å²) in [7, 11) is 7.18. The van der Waals surface area contributed by atoms with Crippen LogP contribution in [0.3, 0.4) is 0 Å². The number of aliphatic hydroxyl groups is 1. The summed E-state index contributed by atoms with van der Waals surface area (Å²) in [5.74, 6) is 2.35. The minimum Gasteiger partial charge on any atom is -0.493 e. The van der Waals surface area contributed by atoms with E-state index < -0.39 is 6.10 Å². The largest absolute Gasteiger partial charge is 0.493 e. The van der Waals surface area contributed by atoms with Gasteiger partial charge in [0, 0.05) is 37.1 Å². The average molecular weight is 361 g/mol. The molecular weight excluding hydrogens is 334 g/mol. The number of hydrogen-bond donors (Lipinski definition) is 3. The van der Waals surface area contributed by atoms with Crippen LogP contribution in [0.5, 0.6) is 11.5 Å². The first-order valence-corrected chi connectivity index (χ1v) is 8.35. The van der Waals surface area contributed by atoms with Gasteiger partial charge < -0.3 is 30.1 Å². The van der Waals surface area contributed by atoms with E-state index in [-0.39, 0.29) is 6.61 Å². The molecule has 0 amide bonds. The molecule has 8 heteroatoms. The first-order chi connectivity index (χ1) is 12.4. The molecule has 0 spiro atoms. The smallest absolute Gasteiger partial charge is 0.229 e. The molecule has 8 nitrogen and oxygen atoms in total. The van der Waals surface area contributed by atoms with Gasteiger partial charge in [0.15, 0.2) is 11.5 Å². The normalized spacial score (nSPS) is 12.0. The molecule has 3 N–H and O–H groups in total. The van der Waals surface area contributed by atoms with Crippen LogP contribution in [-0.2, 0) is 0 Å². The summed E-state index contributed by atoms with van der Waals surface area (Å²) in [6.07, 6.45) is -0.593. The van der Waals surface area contributed by atoms with E-state index >= 15 is 0 Å². The Morgan fingerprint density at radius 2 is 1.96 bits per heavy atom. The molecule has 2 rings (SSSR count). The number of benzene rings is 1. The molecule has 0 aliphatic rings.